The normalized spacial score (nSPS) is 12.4. The van der Waals surface area contributed by atoms with E-state index in [1.54, 1.807) is 6.07 Å². The van der Waals surface area contributed by atoms with Gasteiger partial charge in [-0.2, -0.15) is 0 Å². The molecule has 1 N–H and O–H groups in total. The molecule has 2 rings (SSSR count). The molecule has 0 amide bonds. The summed E-state index contributed by atoms with van der Waals surface area (Å²) in [5.74, 6) is -0.148. The van der Waals surface area contributed by atoms with Crippen LogP contribution in [0.2, 0.25) is 0 Å². The van der Waals surface area contributed by atoms with Crippen LogP contribution < -0.4 is 5.32 Å². The van der Waals surface area contributed by atoms with Gasteiger partial charge in [0.1, 0.15) is 5.82 Å². The maximum Gasteiger partial charge on any atom is 0.126 e. The lowest BCUT2D eigenvalue weighted by molar-refractivity contribution is 0.605. The van der Waals surface area contributed by atoms with Gasteiger partial charge in [-0.25, -0.2) is 4.39 Å². The molecule has 0 fully saturated rings. The zero-order valence-corrected chi connectivity index (χ0v) is 12.6. The fraction of sp³-hybridized carbons (Fsp3) is 0.333. The summed E-state index contributed by atoms with van der Waals surface area (Å²) in [4.78, 5) is 0. The van der Waals surface area contributed by atoms with E-state index in [2.05, 4.69) is 44.3 Å². The Kier molecular flexibility index (Phi) is 4.56. The Balaban J connectivity index is 2.49. The molecule has 106 valence electrons. The molecule has 0 aliphatic heterocycles. The molecule has 2 aromatic rings. The van der Waals surface area contributed by atoms with Crippen molar-refractivity contribution in [3.8, 4) is 0 Å². The van der Waals surface area contributed by atoms with Gasteiger partial charge in [-0.15, -0.1) is 0 Å². The molecule has 0 aliphatic rings. The van der Waals surface area contributed by atoms with Crippen molar-refractivity contribution in [1.82, 2.24) is 5.32 Å². The number of hydrogen-bond acceptors (Lipinski definition) is 1. The van der Waals surface area contributed by atoms with Gasteiger partial charge in [-0.3, -0.25) is 0 Å². The van der Waals surface area contributed by atoms with E-state index in [9.17, 15) is 4.39 Å². The largest absolute Gasteiger partial charge is 0.307 e. The molecule has 0 bridgehead atoms. The van der Waals surface area contributed by atoms with Gasteiger partial charge in [0, 0.05) is 0 Å². The highest BCUT2D eigenvalue weighted by atomic mass is 19.1. The molecule has 0 spiro atoms. The minimum Gasteiger partial charge on any atom is -0.307 e. The fourth-order valence-electron chi connectivity index (χ4n) is 2.53. The van der Waals surface area contributed by atoms with E-state index >= 15 is 0 Å². The van der Waals surface area contributed by atoms with Gasteiger partial charge in [0.15, 0.2) is 0 Å². The van der Waals surface area contributed by atoms with Crippen LogP contribution in [0.4, 0.5) is 4.39 Å². The lowest BCUT2D eigenvalue weighted by atomic mass is 9.92. The van der Waals surface area contributed by atoms with Crippen LogP contribution in [-0.2, 0) is 0 Å². The molecular formula is C18H22FN. The van der Waals surface area contributed by atoms with E-state index < -0.39 is 0 Å². The Labute approximate surface area is 120 Å². The van der Waals surface area contributed by atoms with E-state index in [1.807, 2.05) is 19.1 Å². The number of hydrogen-bond donors (Lipinski definition) is 1. The number of benzene rings is 2. The first kappa shape index (κ1) is 14.7. The summed E-state index contributed by atoms with van der Waals surface area (Å²) in [6.45, 7) is 8.99. The molecule has 1 atom stereocenters. The number of rotatable bonds is 4. The van der Waals surface area contributed by atoms with Crippen molar-refractivity contribution in [3.05, 3.63) is 70.0 Å². The van der Waals surface area contributed by atoms with Crippen molar-refractivity contribution < 1.29 is 4.39 Å². The first-order valence-corrected chi connectivity index (χ1v) is 7.09. The van der Waals surface area contributed by atoms with Crippen LogP contribution in [0.5, 0.6) is 0 Å². The summed E-state index contributed by atoms with van der Waals surface area (Å²) >= 11 is 0. The van der Waals surface area contributed by atoms with Gasteiger partial charge in [0.05, 0.1) is 6.04 Å². The summed E-state index contributed by atoms with van der Waals surface area (Å²) in [7, 11) is 0. The van der Waals surface area contributed by atoms with Crippen molar-refractivity contribution in [1.29, 1.82) is 0 Å². The third kappa shape index (κ3) is 3.07. The molecule has 0 aromatic heterocycles. The molecule has 2 aromatic carbocycles. The van der Waals surface area contributed by atoms with Gasteiger partial charge < -0.3 is 5.32 Å². The maximum atomic E-state index is 13.5. The highest BCUT2D eigenvalue weighted by Gasteiger charge is 2.16. The average Bonchev–Trinajstić information content (AvgIpc) is 2.42. The minimum absolute atomic E-state index is 0.110. The highest BCUT2D eigenvalue weighted by molar-refractivity contribution is 5.40. The molecule has 1 unspecified atom stereocenters. The monoisotopic (exact) mass is 271 g/mol. The Morgan fingerprint density at radius 2 is 1.75 bits per heavy atom. The summed E-state index contributed by atoms with van der Waals surface area (Å²) in [5.41, 5.74) is 5.56. The van der Waals surface area contributed by atoms with Crippen LogP contribution in [0.15, 0.2) is 36.4 Å². The third-order valence-corrected chi connectivity index (χ3v) is 3.67. The smallest absolute Gasteiger partial charge is 0.126 e. The van der Waals surface area contributed by atoms with E-state index in [1.165, 1.54) is 16.7 Å². The Morgan fingerprint density at radius 3 is 2.40 bits per heavy atom. The number of nitrogens with one attached hydrogen (secondary N) is 1. The lowest BCUT2D eigenvalue weighted by Crippen LogP contribution is -2.23. The van der Waals surface area contributed by atoms with Crippen LogP contribution in [-0.4, -0.2) is 6.54 Å². The first-order chi connectivity index (χ1) is 9.52. The number of halogens is 1. The third-order valence-electron chi connectivity index (χ3n) is 3.67. The van der Waals surface area contributed by atoms with Gasteiger partial charge >= 0.3 is 0 Å². The van der Waals surface area contributed by atoms with Crippen LogP contribution in [0, 0.1) is 26.6 Å². The van der Waals surface area contributed by atoms with Crippen LogP contribution >= 0.6 is 0 Å². The zero-order chi connectivity index (χ0) is 14.7. The van der Waals surface area contributed by atoms with E-state index in [0.717, 1.165) is 12.1 Å². The fourth-order valence-corrected chi connectivity index (χ4v) is 2.53. The predicted molar refractivity (Wildman–Crippen MR) is 82.6 cm³/mol. The van der Waals surface area contributed by atoms with Gasteiger partial charge in [0.2, 0.25) is 0 Å². The SMILES string of the molecule is CCNC(c1ccc(F)c(C)c1)c1cc(C)ccc1C. The van der Waals surface area contributed by atoms with E-state index in [0.29, 0.717) is 5.56 Å². The van der Waals surface area contributed by atoms with Crippen molar-refractivity contribution in [2.45, 2.75) is 33.7 Å². The Bertz CT molecular complexity index is 604. The molecule has 0 saturated heterocycles. The second kappa shape index (κ2) is 6.19. The topological polar surface area (TPSA) is 12.0 Å². The van der Waals surface area contributed by atoms with Crippen LogP contribution in [0.25, 0.3) is 0 Å². The van der Waals surface area contributed by atoms with Crippen LogP contribution in [0.3, 0.4) is 0 Å². The highest BCUT2D eigenvalue weighted by Crippen LogP contribution is 2.27. The van der Waals surface area contributed by atoms with Crippen molar-refractivity contribution in [2.24, 2.45) is 0 Å². The average molecular weight is 271 g/mol. The molecule has 1 nitrogen and oxygen atoms in total. The minimum atomic E-state index is -0.148. The van der Waals surface area contributed by atoms with E-state index in [4.69, 9.17) is 0 Å². The summed E-state index contributed by atoms with van der Waals surface area (Å²) in [5, 5.41) is 3.51. The molecule has 0 aliphatic carbocycles. The van der Waals surface area contributed by atoms with Gasteiger partial charge in [0.25, 0.3) is 0 Å². The summed E-state index contributed by atoms with van der Waals surface area (Å²) in [6, 6.07) is 12.0. The summed E-state index contributed by atoms with van der Waals surface area (Å²) < 4.78 is 13.5. The molecule has 0 saturated carbocycles. The Hall–Kier alpha value is -1.67. The molecular weight excluding hydrogens is 249 g/mol. The van der Waals surface area contributed by atoms with Crippen molar-refractivity contribution >= 4 is 0 Å². The van der Waals surface area contributed by atoms with Crippen LogP contribution in [0.1, 0.15) is 40.8 Å². The van der Waals surface area contributed by atoms with Crippen molar-refractivity contribution in [3.63, 3.8) is 0 Å². The Morgan fingerprint density at radius 1 is 1.00 bits per heavy atom. The maximum absolute atomic E-state index is 13.5. The molecule has 0 radical (unpaired) electrons. The van der Waals surface area contributed by atoms with E-state index in [-0.39, 0.29) is 11.9 Å². The zero-order valence-electron chi connectivity index (χ0n) is 12.6. The van der Waals surface area contributed by atoms with Gasteiger partial charge in [-0.1, -0.05) is 42.8 Å². The number of aryl methyl sites for hydroxylation is 3. The van der Waals surface area contributed by atoms with Crippen molar-refractivity contribution in [2.75, 3.05) is 6.54 Å². The molecule has 20 heavy (non-hydrogen) atoms. The quantitative estimate of drug-likeness (QED) is 0.866. The predicted octanol–water partition coefficient (Wildman–Crippen LogP) is 4.45. The second-order valence-electron chi connectivity index (χ2n) is 5.36. The second-order valence-corrected chi connectivity index (χ2v) is 5.36. The standard InChI is InChI=1S/C18H22FN/c1-5-20-18(15-8-9-17(19)14(4)11-15)16-10-12(2)6-7-13(16)3/h6-11,18,20H,5H2,1-4H3. The van der Waals surface area contributed by atoms with Gasteiger partial charge in [-0.05, 0) is 55.6 Å². The summed E-state index contributed by atoms with van der Waals surface area (Å²) in [6.07, 6.45) is 0. The molecule has 2 heteroatoms. The first-order valence-electron chi connectivity index (χ1n) is 7.09. The lowest BCUT2D eigenvalue weighted by Gasteiger charge is -2.22. The molecule has 0 heterocycles.